The van der Waals surface area contributed by atoms with Gasteiger partial charge < -0.3 is 20.1 Å². The van der Waals surface area contributed by atoms with Crippen LogP contribution in [0, 0.1) is 5.82 Å². The Balaban J connectivity index is 1.04. The molecule has 6 rings (SSSR count). The van der Waals surface area contributed by atoms with E-state index >= 15 is 0 Å². The van der Waals surface area contributed by atoms with Gasteiger partial charge in [0.05, 0.1) is 11.0 Å². The number of imidazole rings is 1. The molecule has 45 heavy (non-hydrogen) atoms. The molecule has 2 heterocycles. The zero-order valence-corrected chi connectivity index (χ0v) is 26.3. The van der Waals surface area contributed by atoms with Gasteiger partial charge in [0, 0.05) is 49.2 Å². The number of halogens is 2. The van der Waals surface area contributed by atoms with Crippen LogP contribution in [-0.2, 0) is 6.42 Å². The summed E-state index contributed by atoms with van der Waals surface area (Å²) in [5.41, 5.74) is 6.03. The smallest absolute Gasteiger partial charge is 0.253 e. The molecule has 5 aromatic rings. The average molecular weight is 624 g/mol. The van der Waals surface area contributed by atoms with E-state index in [-0.39, 0.29) is 17.6 Å². The number of carbonyl (C=O) groups is 1. The predicted octanol–water partition coefficient (Wildman–Crippen LogP) is 7.77. The van der Waals surface area contributed by atoms with Gasteiger partial charge in [-0.1, -0.05) is 66.2 Å². The maximum atomic E-state index is 13.4. The number of hydrogen-bond acceptors (Lipinski definition) is 4. The summed E-state index contributed by atoms with van der Waals surface area (Å²) in [5, 5.41) is 4.36. The molecule has 1 aliphatic rings. The van der Waals surface area contributed by atoms with Crippen molar-refractivity contribution in [3.63, 3.8) is 0 Å². The van der Waals surface area contributed by atoms with E-state index in [1.165, 1.54) is 17.7 Å². The number of H-pyrrole nitrogens is 1. The molecule has 0 spiro atoms. The fraction of sp³-hybridized carbons (Fsp3) is 0.297. The highest BCUT2D eigenvalue weighted by Crippen LogP contribution is 2.26. The van der Waals surface area contributed by atoms with Crippen molar-refractivity contribution in [1.82, 2.24) is 19.8 Å². The molecule has 232 valence electrons. The molecule has 1 amide bonds. The summed E-state index contributed by atoms with van der Waals surface area (Å²) in [6, 6.07) is 30.7. The number of carbonyl (C=O) groups excluding carboxylic acids is 1. The van der Waals surface area contributed by atoms with Crippen LogP contribution in [-0.4, -0.2) is 64.9 Å². The predicted molar refractivity (Wildman–Crippen MR) is 181 cm³/mol. The van der Waals surface area contributed by atoms with Gasteiger partial charge in [-0.05, 0) is 91.4 Å². The number of nitrogens with one attached hydrogen (secondary N) is 2. The van der Waals surface area contributed by atoms with Crippen LogP contribution in [0.2, 0.25) is 5.02 Å². The topological polar surface area (TPSA) is 64.3 Å². The van der Waals surface area contributed by atoms with Gasteiger partial charge in [0.2, 0.25) is 5.95 Å². The molecule has 6 nitrogen and oxygen atoms in total. The molecular formula is C37H39ClFN5O. The lowest BCUT2D eigenvalue weighted by molar-refractivity contribution is 0.0782. The third-order valence-corrected chi connectivity index (χ3v) is 9.08. The van der Waals surface area contributed by atoms with Gasteiger partial charge in [-0.3, -0.25) is 4.79 Å². The van der Waals surface area contributed by atoms with Crippen LogP contribution in [0.15, 0.2) is 97.1 Å². The molecule has 4 aromatic carbocycles. The van der Waals surface area contributed by atoms with Gasteiger partial charge in [0.15, 0.2) is 0 Å². The van der Waals surface area contributed by atoms with E-state index in [4.69, 9.17) is 16.6 Å². The van der Waals surface area contributed by atoms with Crippen molar-refractivity contribution in [1.29, 1.82) is 0 Å². The summed E-state index contributed by atoms with van der Waals surface area (Å²) in [5.74, 6) is 0.813. The summed E-state index contributed by atoms with van der Waals surface area (Å²) in [7, 11) is 1.89. The number of benzene rings is 4. The molecule has 1 atom stereocenters. The fourth-order valence-electron chi connectivity index (χ4n) is 6.27. The van der Waals surface area contributed by atoms with E-state index in [9.17, 15) is 9.18 Å². The maximum absolute atomic E-state index is 13.4. The quantitative estimate of drug-likeness (QED) is 0.158. The zero-order valence-electron chi connectivity index (χ0n) is 25.6. The summed E-state index contributed by atoms with van der Waals surface area (Å²) >= 11 is 6.19. The third-order valence-electron chi connectivity index (χ3n) is 8.83. The highest BCUT2D eigenvalue weighted by Gasteiger charge is 2.23. The summed E-state index contributed by atoms with van der Waals surface area (Å²) in [4.78, 5) is 25.8. The Bertz CT molecular complexity index is 1700. The molecule has 1 aromatic heterocycles. The van der Waals surface area contributed by atoms with Crippen LogP contribution in [0.4, 0.5) is 10.3 Å². The Morgan fingerprint density at radius 2 is 1.73 bits per heavy atom. The molecular weight excluding hydrogens is 585 g/mol. The second-order valence-electron chi connectivity index (χ2n) is 12.1. The van der Waals surface area contributed by atoms with Crippen molar-refractivity contribution in [3.05, 3.63) is 130 Å². The van der Waals surface area contributed by atoms with Gasteiger partial charge in [0.25, 0.3) is 5.91 Å². The van der Waals surface area contributed by atoms with E-state index in [1.54, 1.807) is 0 Å². The number of anilines is 1. The van der Waals surface area contributed by atoms with E-state index in [0.29, 0.717) is 29.6 Å². The largest absolute Gasteiger partial charge is 0.353 e. The SMILES string of the molecule is CN(CC(CCN1CCC(Nc2nc3c(Cc4ccc(F)cc4)cccc3[nH]2)CC1)c1ccc(Cl)cc1)C(=O)c1ccccc1. The summed E-state index contributed by atoms with van der Waals surface area (Å²) in [6.45, 7) is 3.60. The first-order valence-electron chi connectivity index (χ1n) is 15.7. The van der Waals surface area contributed by atoms with E-state index < -0.39 is 0 Å². The van der Waals surface area contributed by atoms with E-state index in [2.05, 4.69) is 33.4 Å². The van der Waals surface area contributed by atoms with Crippen molar-refractivity contribution in [2.75, 3.05) is 38.5 Å². The van der Waals surface area contributed by atoms with E-state index in [1.807, 2.05) is 78.7 Å². The molecule has 1 saturated heterocycles. The minimum absolute atomic E-state index is 0.0367. The standard InChI is InChI=1S/C37H39ClFN5O/c1-43(36(45)28-6-3-2-4-7-28)25-30(27-12-14-31(38)15-13-27)18-21-44-22-19-33(20-23-44)40-37-41-34-9-5-8-29(35(34)42-37)24-26-10-16-32(39)17-11-26/h2-17,30,33H,18-25H2,1H3,(H2,40,41,42). The first kappa shape index (κ1) is 30.8. The van der Waals surface area contributed by atoms with Crippen LogP contribution in [0.1, 0.15) is 52.2 Å². The van der Waals surface area contributed by atoms with Crippen molar-refractivity contribution >= 4 is 34.5 Å². The van der Waals surface area contributed by atoms with E-state index in [0.717, 1.165) is 67.0 Å². The Kier molecular flexibility index (Phi) is 9.77. The van der Waals surface area contributed by atoms with Crippen molar-refractivity contribution < 1.29 is 9.18 Å². The number of likely N-dealkylation sites (tertiary alicyclic amines) is 1. The lowest BCUT2D eigenvalue weighted by atomic mass is 9.94. The number of aromatic nitrogens is 2. The molecule has 0 saturated carbocycles. The Morgan fingerprint density at radius 1 is 1.00 bits per heavy atom. The number of hydrogen-bond donors (Lipinski definition) is 2. The third kappa shape index (κ3) is 7.91. The number of amides is 1. The number of nitrogens with zero attached hydrogens (tertiary/aromatic N) is 3. The number of fused-ring (bicyclic) bond motifs is 1. The minimum Gasteiger partial charge on any atom is -0.353 e. The molecule has 8 heteroatoms. The summed E-state index contributed by atoms with van der Waals surface area (Å²) in [6.07, 6.45) is 3.70. The van der Waals surface area contributed by atoms with Crippen LogP contribution in [0.5, 0.6) is 0 Å². The molecule has 1 unspecified atom stereocenters. The lowest BCUT2D eigenvalue weighted by Crippen LogP contribution is -2.40. The highest BCUT2D eigenvalue weighted by molar-refractivity contribution is 6.30. The Morgan fingerprint density at radius 3 is 2.47 bits per heavy atom. The molecule has 1 fully saturated rings. The van der Waals surface area contributed by atoms with Gasteiger partial charge in [-0.15, -0.1) is 0 Å². The van der Waals surface area contributed by atoms with Gasteiger partial charge in [-0.25, -0.2) is 9.37 Å². The van der Waals surface area contributed by atoms with Crippen LogP contribution in [0.25, 0.3) is 11.0 Å². The maximum Gasteiger partial charge on any atom is 0.253 e. The first-order valence-corrected chi connectivity index (χ1v) is 16.1. The van der Waals surface area contributed by atoms with Crippen molar-refractivity contribution in [2.24, 2.45) is 0 Å². The molecule has 0 aliphatic carbocycles. The molecule has 0 radical (unpaired) electrons. The van der Waals surface area contributed by atoms with Crippen LogP contribution < -0.4 is 5.32 Å². The number of aromatic amines is 1. The normalized spacial score (nSPS) is 14.8. The second-order valence-corrected chi connectivity index (χ2v) is 12.5. The number of likely N-dealkylation sites (N-methyl/N-ethyl adjacent to an activating group) is 1. The number of piperidine rings is 1. The Labute approximate surface area is 269 Å². The monoisotopic (exact) mass is 623 g/mol. The second kappa shape index (κ2) is 14.3. The Hall–Kier alpha value is -4.20. The van der Waals surface area contributed by atoms with Gasteiger partial charge in [-0.2, -0.15) is 0 Å². The molecule has 2 N–H and O–H groups in total. The van der Waals surface area contributed by atoms with Crippen LogP contribution >= 0.6 is 11.6 Å². The van der Waals surface area contributed by atoms with Crippen LogP contribution in [0.3, 0.4) is 0 Å². The first-order chi connectivity index (χ1) is 21.9. The molecule has 1 aliphatic heterocycles. The van der Waals surface area contributed by atoms with Crippen molar-refractivity contribution in [3.8, 4) is 0 Å². The highest BCUT2D eigenvalue weighted by atomic mass is 35.5. The number of rotatable bonds is 11. The van der Waals surface area contributed by atoms with Gasteiger partial charge in [0.1, 0.15) is 5.82 Å². The lowest BCUT2D eigenvalue weighted by Gasteiger charge is -2.33. The minimum atomic E-state index is -0.224. The van der Waals surface area contributed by atoms with Crippen molar-refractivity contribution in [2.45, 2.75) is 37.6 Å². The average Bonchev–Trinajstić information content (AvgIpc) is 3.48. The molecule has 0 bridgehead atoms. The van der Waals surface area contributed by atoms with Gasteiger partial charge >= 0.3 is 0 Å². The fourth-order valence-corrected chi connectivity index (χ4v) is 6.40. The zero-order chi connectivity index (χ0) is 31.2. The number of para-hydroxylation sites is 1. The summed E-state index contributed by atoms with van der Waals surface area (Å²) < 4.78 is 13.4.